The van der Waals surface area contributed by atoms with E-state index >= 15 is 0 Å². The van der Waals surface area contributed by atoms with Crippen LogP contribution in [0.5, 0.6) is 0 Å². The smallest absolute Gasteiger partial charge is 0.163 e. The van der Waals surface area contributed by atoms with E-state index in [4.69, 9.17) is 11.6 Å². The van der Waals surface area contributed by atoms with E-state index in [1.54, 1.807) is 11.8 Å². The van der Waals surface area contributed by atoms with Crippen molar-refractivity contribution in [3.63, 3.8) is 0 Å². The van der Waals surface area contributed by atoms with Crippen molar-refractivity contribution >= 4 is 34.2 Å². The first kappa shape index (κ1) is 11.4. The lowest BCUT2D eigenvalue weighted by atomic mass is 10.3. The average Bonchev–Trinajstić information content (AvgIpc) is 2.16. The van der Waals surface area contributed by atoms with Crippen LogP contribution in [0, 0.1) is 0 Å². The van der Waals surface area contributed by atoms with Gasteiger partial charge in [-0.25, -0.2) is 4.99 Å². The number of hydrogen-bond acceptors (Lipinski definition) is 2. The van der Waals surface area contributed by atoms with Crippen LogP contribution in [0.3, 0.4) is 0 Å². The summed E-state index contributed by atoms with van der Waals surface area (Å²) in [4.78, 5) is 6.45. The van der Waals surface area contributed by atoms with E-state index < -0.39 is 0 Å². The molecule has 76 valence electrons. The van der Waals surface area contributed by atoms with Crippen LogP contribution in [0.4, 0.5) is 5.69 Å². The summed E-state index contributed by atoms with van der Waals surface area (Å²) in [5, 5.41) is 1.71. The van der Waals surface area contributed by atoms with Gasteiger partial charge in [0, 0.05) is 19.1 Å². The van der Waals surface area contributed by atoms with Crippen molar-refractivity contribution in [3.05, 3.63) is 29.3 Å². The van der Waals surface area contributed by atoms with Gasteiger partial charge in [-0.3, -0.25) is 0 Å². The van der Waals surface area contributed by atoms with E-state index in [0.29, 0.717) is 0 Å². The minimum absolute atomic E-state index is 0.736. The lowest BCUT2D eigenvalue weighted by Crippen LogP contribution is -2.17. The second kappa shape index (κ2) is 5.27. The second-order valence-electron chi connectivity index (χ2n) is 2.97. The number of halogens is 1. The maximum atomic E-state index is 5.78. The highest BCUT2D eigenvalue weighted by atomic mass is 35.5. The summed E-state index contributed by atoms with van der Waals surface area (Å²) in [5.41, 5.74) is 0.924. The van der Waals surface area contributed by atoms with Crippen molar-refractivity contribution in [2.24, 2.45) is 4.99 Å². The molecule has 0 amide bonds. The first-order valence-electron chi connectivity index (χ1n) is 4.19. The molecule has 0 spiro atoms. The maximum Gasteiger partial charge on any atom is 0.163 e. The van der Waals surface area contributed by atoms with Crippen LogP contribution in [0.25, 0.3) is 0 Å². The molecule has 0 heterocycles. The van der Waals surface area contributed by atoms with E-state index in [9.17, 15) is 0 Å². The molecule has 14 heavy (non-hydrogen) atoms. The van der Waals surface area contributed by atoms with Crippen molar-refractivity contribution in [2.75, 3.05) is 20.4 Å². The molecule has 0 saturated carbocycles. The Morgan fingerprint density at radius 2 is 1.86 bits per heavy atom. The van der Waals surface area contributed by atoms with Crippen LogP contribution < -0.4 is 0 Å². The molecule has 0 aliphatic carbocycles. The molecule has 0 atom stereocenters. The molecule has 2 nitrogen and oxygen atoms in total. The third-order valence-corrected chi connectivity index (χ3v) is 2.69. The Kier molecular flexibility index (Phi) is 4.29. The van der Waals surface area contributed by atoms with E-state index in [1.807, 2.05) is 49.5 Å². The zero-order valence-corrected chi connectivity index (χ0v) is 10.1. The van der Waals surface area contributed by atoms with Gasteiger partial charge in [-0.15, -0.1) is 0 Å². The van der Waals surface area contributed by atoms with Gasteiger partial charge in [0.05, 0.1) is 5.69 Å². The molecular weight excluding hydrogens is 216 g/mol. The lowest BCUT2D eigenvalue weighted by molar-refractivity contribution is 0.637. The van der Waals surface area contributed by atoms with E-state index in [1.165, 1.54) is 0 Å². The number of rotatable bonds is 1. The van der Waals surface area contributed by atoms with Crippen molar-refractivity contribution in [1.29, 1.82) is 0 Å². The molecule has 1 rings (SSSR count). The molecular formula is C10H13ClN2S. The monoisotopic (exact) mass is 228 g/mol. The van der Waals surface area contributed by atoms with Crippen LogP contribution in [0.15, 0.2) is 29.3 Å². The fourth-order valence-corrected chi connectivity index (χ4v) is 1.64. The van der Waals surface area contributed by atoms with Crippen LogP contribution in [0.2, 0.25) is 5.02 Å². The summed E-state index contributed by atoms with van der Waals surface area (Å²) in [7, 11) is 3.95. The lowest BCUT2D eigenvalue weighted by Gasteiger charge is -2.12. The number of nitrogens with zero attached hydrogens (tertiary/aromatic N) is 2. The van der Waals surface area contributed by atoms with Gasteiger partial charge < -0.3 is 4.90 Å². The molecule has 0 fully saturated rings. The molecule has 0 aliphatic heterocycles. The molecule has 0 aliphatic rings. The normalized spacial score (nSPS) is 11.6. The standard InChI is InChI=1S/C10H13ClN2S/c1-13(2)10(14-3)12-9-6-4-8(11)5-7-9/h4-7H,1-3H3/b12-10+. The Morgan fingerprint density at radius 3 is 2.29 bits per heavy atom. The Bertz CT molecular complexity index is 319. The van der Waals surface area contributed by atoms with Gasteiger partial charge in [0.15, 0.2) is 5.17 Å². The Balaban J connectivity index is 2.89. The van der Waals surface area contributed by atoms with Gasteiger partial charge in [0.25, 0.3) is 0 Å². The molecule has 0 N–H and O–H groups in total. The van der Waals surface area contributed by atoms with Gasteiger partial charge in [0.1, 0.15) is 0 Å². The predicted octanol–water partition coefficient (Wildman–Crippen LogP) is 3.25. The number of hydrogen-bond donors (Lipinski definition) is 0. The Morgan fingerprint density at radius 1 is 1.29 bits per heavy atom. The molecule has 0 saturated heterocycles. The van der Waals surface area contributed by atoms with Crippen molar-refractivity contribution in [2.45, 2.75) is 0 Å². The van der Waals surface area contributed by atoms with E-state index in [-0.39, 0.29) is 0 Å². The minimum Gasteiger partial charge on any atom is -0.357 e. The number of thioether (sulfide) groups is 1. The molecule has 0 radical (unpaired) electrons. The highest BCUT2D eigenvalue weighted by molar-refractivity contribution is 8.13. The van der Waals surface area contributed by atoms with Crippen molar-refractivity contribution in [3.8, 4) is 0 Å². The molecule has 0 aromatic heterocycles. The third kappa shape index (κ3) is 3.24. The number of benzene rings is 1. The summed E-state index contributed by atoms with van der Waals surface area (Å²) in [6.07, 6.45) is 2.01. The second-order valence-corrected chi connectivity index (χ2v) is 4.18. The maximum absolute atomic E-state index is 5.78. The van der Waals surface area contributed by atoms with E-state index in [2.05, 4.69) is 4.99 Å². The van der Waals surface area contributed by atoms with Crippen molar-refractivity contribution in [1.82, 2.24) is 4.90 Å². The Labute approximate surface area is 94.0 Å². The summed E-state index contributed by atoms with van der Waals surface area (Å²) in [6.45, 7) is 0. The number of amidine groups is 1. The summed E-state index contributed by atoms with van der Waals surface area (Å²) in [6, 6.07) is 7.49. The molecule has 0 unspecified atom stereocenters. The fraction of sp³-hybridized carbons (Fsp3) is 0.300. The largest absolute Gasteiger partial charge is 0.357 e. The highest BCUT2D eigenvalue weighted by Crippen LogP contribution is 2.18. The zero-order chi connectivity index (χ0) is 10.6. The summed E-state index contributed by atoms with van der Waals surface area (Å²) < 4.78 is 0. The van der Waals surface area contributed by atoms with Crippen LogP contribution in [-0.2, 0) is 0 Å². The number of aliphatic imine (C=N–C) groups is 1. The molecule has 1 aromatic carbocycles. The average molecular weight is 229 g/mol. The van der Waals surface area contributed by atoms with Gasteiger partial charge >= 0.3 is 0 Å². The summed E-state index contributed by atoms with van der Waals surface area (Å²) >= 11 is 7.40. The van der Waals surface area contributed by atoms with Crippen LogP contribution >= 0.6 is 23.4 Å². The van der Waals surface area contributed by atoms with Crippen molar-refractivity contribution < 1.29 is 0 Å². The van der Waals surface area contributed by atoms with Gasteiger partial charge in [0.2, 0.25) is 0 Å². The minimum atomic E-state index is 0.736. The third-order valence-electron chi connectivity index (χ3n) is 1.62. The van der Waals surface area contributed by atoms with Gasteiger partial charge in [-0.05, 0) is 30.5 Å². The van der Waals surface area contributed by atoms with Gasteiger partial charge in [-0.2, -0.15) is 0 Å². The summed E-state index contributed by atoms with van der Waals surface area (Å²) in [5.74, 6) is 0. The zero-order valence-electron chi connectivity index (χ0n) is 8.49. The molecule has 4 heteroatoms. The van der Waals surface area contributed by atoms with Crippen LogP contribution in [-0.4, -0.2) is 30.4 Å². The quantitative estimate of drug-likeness (QED) is 0.542. The van der Waals surface area contributed by atoms with E-state index in [0.717, 1.165) is 15.9 Å². The first-order valence-corrected chi connectivity index (χ1v) is 5.79. The first-order chi connectivity index (χ1) is 6.63. The van der Waals surface area contributed by atoms with Crippen LogP contribution in [0.1, 0.15) is 0 Å². The molecule has 0 bridgehead atoms. The predicted molar refractivity (Wildman–Crippen MR) is 65.7 cm³/mol. The van der Waals surface area contributed by atoms with Gasteiger partial charge in [-0.1, -0.05) is 23.4 Å². The fourth-order valence-electron chi connectivity index (χ4n) is 0.954. The SMILES string of the molecule is CS/C(=N/c1ccc(Cl)cc1)N(C)C. The topological polar surface area (TPSA) is 15.6 Å². The Hall–Kier alpha value is -0.670. The molecule has 1 aromatic rings. The highest BCUT2D eigenvalue weighted by Gasteiger charge is 1.99.